The van der Waals surface area contributed by atoms with Gasteiger partial charge < -0.3 is 4.42 Å². The average Bonchev–Trinajstić information content (AvgIpc) is 2.99. The number of alkyl halides is 2. The Labute approximate surface area is 89.3 Å². The van der Waals surface area contributed by atoms with Crippen LogP contribution in [0.25, 0.3) is 11.1 Å². The monoisotopic (exact) mass is 225 g/mol. The predicted molar refractivity (Wildman–Crippen MR) is 53.7 cm³/mol. The normalized spacial score (nSPS) is 16.2. The number of oxazole rings is 1. The first kappa shape index (κ1) is 9.57. The lowest BCUT2D eigenvalue weighted by Crippen LogP contribution is -2.14. The minimum Gasteiger partial charge on any atom is -0.407 e. The van der Waals surface area contributed by atoms with E-state index >= 15 is 0 Å². The molecule has 0 atom stereocenters. The van der Waals surface area contributed by atoms with E-state index in [4.69, 9.17) is 4.42 Å². The van der Waals surface area contributed by atoms with E-state index in [-0.39, 0.29) is 5.52 Å². The molecule has 16 heavy (non-hydrogen) atoms. The molecule has 0 amide bonds. The molecule has 0 spiro atoms. The molecule has 1 aromatic carbocycles. The van der Waals surface area contributed by atoms with Gasteiger partial charge in [-0.3, -0.25) is 0 Å². The molecule has 1 heterocycles. The fourth-order valence-electron chi connectivity index (χ4n) is 1.98. The lowest BCUT2D eigenvalue weighted by molar-refractivity contribution is 0.0670. The Bertz CT molecular complexity index is 596. The van der Waals surface area contributed by atoms with Crippen LogP contribution in [0.4, 0.5) is 8.78 Å². The number of benzene rings is 1. The second kappa shape index (κ2) is 3.17. The van der Waals surface area contributed by atoms with Gasteiger partial charge in [0.05, 0.1) is 5.52 Å². The fourth-order valence-corrected chi connectivity index (χ4v) is 1.98. The molecular weight excluding hydrogens is 216 g/mol. The first-order chi connectivity index (χ1) is 7.68. The molecule has 3 rings (SSSR count). The molecule has 1 aromatic heterocycles. The summed E-state index contributed by atoms with van der Waals surface area (Å²) in [4.78, 5) is 11.3. The Hall–Kier alpha value is -1.65. The maximum Gasteiger partial charge on any atom is 0.424 e. The molecule has 1 aliphatic rings. The minimum atomic E-state index is -2.86. The van der Waals surface area contributed by atoms with E-state index in [9.17, 15) is 13.6 Å². The van der Waals surface area contributed by atoms with Crippen LogP contribution in [-0.2, 0) is 0 Å². The second-order valence-electron chi connectivity index (χ2n) is 3.99. The van der Waals surface area contributed by atoms with Crippen molar-refractivity contribution in [1.82, 2.24) is 4.57 Å². The molecule has 3 nitrogen and oxygen atoms in total. The molecule has 0 aliphatic heterocycles. The predicted octanol–water partition coefficient (Wildman–Crippen LogP) is 2.87. The van der Waals surface area contributed by atoms with Gasteiger partial charge in [0.2, 0.25) is 0 Å². The van der Waals surface area contributed by atoms with Crippen LogP contribution in [0.15, 0.2) is 27.4 Å². The van der Waals surface area contributed by atoms with Crippen molar-refractivity contribution in [3.05, 3.63) is 34.3 Å². The SMILES string of the molecule is O=c1oc2c(C3CC3)cccc2n1C(F)F. The number of hydrogen-bond donors (Lipinski definition) is 0. The molecule has 1 saturated carbocycles. The number of rotatable bonds is 2. The largest absolute Gasteiger partial charge is 0.424 e. The quantitative estimate of drug-likeness (QED) is 0.787. The summed E-state index contributed by atoms with van der Waals surface area (Å²) in [6.45, 7) is -2.86. The highest BCUT2D eigenvalue weighted by molar-refractivity contribution is 5.77. The van der Waals surface area contributed by atoms with E-state index in [2.05, 4.69) is 0 Å². The zero-order valence-corrected chi connectivity index (χ0v) is 8.32. The molecule has 0 saturated heterocycles. The molecule has 0 N–H and O–H groups in total. The highest BCUT2D eigenvalue weighted by atomic mass is 19.3. The van der Waals surface area contributed by atoms with Crippen LogP contribution in [-0.4, -0.2) is 4.57 Å². The lowest BCUT2D eigenvalue weighted by Gasteiger charge is -2.00. The Morgan fingerprint density at radius 1 is 1.38 bits per heavy atom. The number of hydrogen-bond acceptors (Lipinski definition) is 2. The summed E-state index contributed by atoms with van der Waals surface area (Å²) in [5.41, 5.74) is 1.37. The van der Waals surface area contributed by atoms with E-state index in [0.29, 0.717) is 16.1 Å². The van der Waals surface area contributed by atoms with Gasteiger partial charge in [-0.2, -0.15) is 8.78 Å². The molecule has 0 bridgehead atoms. The molecule has 1 fully saturated rings. The Morgan fingerprint density at radius 3 is 2.75 bits per heavy atom. The van der Waals surface area contributed by atoms with Gasteiger partial charge >= 0.3 is 12.3 Å². The van der Waals surface area contributed by atoms with Crippen molar-refractivity contribution in [2.45, 2.75) is 25.3 Å². The fraction of sp³-hybridized carbons (Fsp3) is 0.364. The Morgan fingerprint density at radius 2 is 2.12 bits per heavy atom. The summed E-state index contributed by atoms with van der Waals surface area (Å²) < 4.78 is 30.6. The van der Waals surface area contributed by atoms with Gasteiger partial charge in [0.25, 0.3) is 0 Å². The summed E-state index contributed by atoms with van der Waals surface area (Å²) in [7, 11) is 0. The van der Waals surface area contributed by atoms with Crippen molar-refractivity contribution in [3.8, 4) is 0 Å². The zero-order chi connectivity index (χ0) is 11.3. The van der Waals surface area contributed by atoms with Gasteiger partial charge in [-0.25, -0.2) is 9.36 Å². The summed E-state index contributed by atoms with van der Waals surface area (Å²) in [5, 5.41) is 0. The van der Waals surface area contributed by atoms with E-state index in [0.717, 1.165) is 18.4 Å². The van der Waals surface area contributed by atoms with Gasteiger partial charge in [-0.05, 0) is 24.8 Å². The highest BCUT2D eigenvalue weighted by Gasteiger charge is 2.28. The summed E-state index contributed by atoms with van der Waals surface area (Å²) >= 11 is 0. The first-order valence-electron chi connectivity index (χ1n) is 5.10. The van der Waals surface area contributed by atoms with Crippen LogP contribution >= 0.6 is 0 Å². The van der Waals surface area contributed by atoms with Crippen LogP contribution in [0.5, 0.6) is 0 Å². The van der Waals surface area contributed by atoms with Gasteiger partial charge in [-0.15, -0.1) is 0 Å². The van der Waals surface area contributed by atoms with E-state index < -0.39 is 12.3 Å². The first-order valence-corrected chi connectivity index (χ1v) is 5.10. The Kier molecular flexibility index (Phi) is 1.89. The third kappa shape index (κ3) is 1.27. The standard InChI is InChI=1S/C11H9F2NO2/c12-10(13)14-8-3-1-2-7(6-4-5-6)9(8)16-11(14)15/h1-3,6,10H,4-5H2. The second-order valence-corrected chi connectivity index (χ2v) is 3.99. The van der Waals surface area contributed by atoms with Crippen molar-refractivity contribution in [1.29, 1.82) is 0 Å². The van der Waals surface area contributed by atoms with E-state index in [1.165, 1.54) is 6.07 Å². The van der Waals surface area contributed by atoms with Crippen LogP contribution in [0.2, 0.25) is 0 Å². The number of para-hydroxylation sites is 1. The van der Waals surface area contributed by atoms with Gasteiger partial charge in [-0.1, -0.05) is 12.1 Å². The van der Waals surface area contributed by atoms with Crippen molar-refractivity contribution in [2.24, 2.45) is 0 Å². The maximum atomic E-state index is 12.6. The van der Waals surface area contributed by atoms with Crippen LogP contribution in [0, 0.1) is 0 Å². The van der Waals surface area contributed by atoms with E-state index in [1.807, 2.05) is 6.07 Å². The molecule has 0 unspecified atom stereocenters. The summed E-state index contributed by atoms with van der Waals surface area (Å²) in [5.74, 6) is -0.626. The third-order valence-electron chi connectivity index (χ3n) is 2.88. The summed E-state index contributed by atoms with van der Waals surface area (Å²) in [6.07, 6.45) is 2.06. The van der Waals surface area contributed by atoms with Gasteiger partial charge in [0, 0.05) is 5.56 Å². The third-order valence-corrected chi connectivity index (χ3v) is 2.88. The van der Waals surface area contributed by atoms with Crippen LogP contribution < -0.4 is 5.76 Å². The average molecular weight is 225 g/mol. The molecule has 2 aromatic rings. The number of halogens is 2. The highest BCUT2D eigenvalue weighted by Crippen LogP contribution is 2.43. The van der Waals surface area contributed by atoms with Gasteiger partial charge in [0.1, 0.15) is 0 Å². The lowest BCUT2D eigenvalue weighted by atomic mass is 10.1. The maximum absolute atomic E-state index is 12.6. The number of aromatic nitrogens is 1. The molecular formula is C11H9F2NO2. The number of fused-ring (bicyclic) bond motifs is 1. The zero-order valence-electron chi connectivity index (χ0n) is 8.32. The van der Waals surface area contributed by atoms with Gasteiger partial charge in [0.15, 0.2) is 5.58 Å². The van der Waals surface area contributed by atoms with Crippen molar-refractivity contribution in [2.75, 3.05) is 0 Å². The van der Waals surface area contributed by atoms with Crippen molar-refractivity contribution < 1.29 is 13.2 Å². The Balaban J connectivity index is 2.34. The van der Waals surface area contributed by atoms with Crippen LogP contribution in [0.3, 0.4) is 0 Å². The van der Waals surface area contributed by atoms with Crippen molar-refractivity contribution in [3.63, 3.8) is 0 Å². The molecule has 84 valence electrons. The van der Waals surface area contributed by atoms with Crippen LogP contribution in [0.1, 0.15) is 30.9 Å². The topological polar surface area (TPSA) is 35.1 Å². The number of nitrogens with zero attached hydrogens (tertiary/aromatic N) is 1. The summed E-state index contributed by atoms with van der Waals surface area (Å²) in [6, 6.07) is 5.00. The minimum absolute atomic E-state index is 0.185. The molecule has 0 radical (unpaired) electrons. The molecule has 5 heteroatoms. The molecule has 1 aliphatic carbocycles. The van der Waals surface area contributed by atoms with Crippen molar-refractivity contribution >= 4 is 11.1 Å². The van der Waals surface area contributed by atoms with E-state index in [1.54, 1.807) is 6.07 Å². The smallest absolute Gasteiger partial charge is 0.407 e.